The van der Waals surface area contributed by atoms with Crippen molar-refractivity contribution in [3.8, 4) is 0 Å². The number of hydrogen-bond acceptors (Lipinski definition) is 3. The van der Waals surface area contributed by atoms with Gasteiger partial charge in [0.15, 0.2) is 5.43 Å². The average molecular weight is 448 g/mol. The largest absolute Gasteiger partial charge is 0.450 e. The number of benzene rings is 3. The Morgan fingerprint density at radius 3 is 2.41 bits per heavy atom. The second-order valence-electron chi connectivity index (χ2n) is 8.09. The van der Waals surface area contributed by atoms with Crippen LogP contribution in [0.5, 0.6) is 0 Å². The number of rotatable bonds is 3. The van der Waals surface area contributed by atoms with Crippen molar-refractivity contribution in [2.75, 3.05) is 0 Å². The number of carbonyl (C=O) groups excluding carboxylic acids is 1. The highest BCUT2D eigenvalue weighted by Gasteiger charge is 2.42. The Bertz CT molecular complexity index is 1440. The van der Waals surface area contributed by atoms with Crippen LogP contribution in [0.4, 0.5) is 4.39 Å². The molecule has 1 aliphatic heterocycles. The van der Waals surface area contributed by atoms with E-state index in [0.29, 0.717) is 21.6 Å². The van der Waals surface area contributed by atoms with Crippen LogP contribution in [0.25, 0.3) is 11.0 Å². The topological polar surface area (TPSA) is 50.5 Å². The van der Waals surface area contributed by atoms with E-state index in [2.05, 4.69) is 0 Å². The highest BCUT2D eigenvalue weighted by molar-refractivity contribution is 6.31. The van der Waals surface area contributed by atoms with E-state index in [4.69, 9.17) is 16.0 Å². The molecule has 2 heterocycles. The third-order valence-corrected chi connectivity index (χ3v) is 6.44. The molecule has 0 saturated heterocycles. The van der Waals surface area contributed by atoms with Crippen LogP contribution in [0.2, 0.25) is 5.02 Å². The number of amides is 1. The zero-order valence-corrected chi connectivity index (χ0v) is 18.2. The summed E-state index contributed by atoms with van der Waals surface area (Å²) in [5.41, 5.74) is 3.68. The van der Waals surface area contributed by atoms with Gasteiger partial charge in [-0.25, -0.2) is 4.39 Å². The predicted molar refractivity (Wildman–Crippen MR) is 122 cm³/mol. The van der Waals surface area contributed by atoms with Crippen LogP contribution in [-0.2, 0) is 6.54 Å². The Morgan fingerprint density at radius 1 is 1.00 bits per heavy atom. The first kappa shape index (κ1) is 20.5. The zero-order valence-electron chi connectivity index (χ0n) is 17.5. The summed E-state index contributed by atoms with van der Waals surface area (Å²) in [6.07, 6.45) is 0. The lowest BCUT2D eigenvalue weighted by atomic mass is 9.97. The maximum atomic E-state index is 13.6. The summed E-state index contributed by atoms with van der Waals surface area (Å²) in [6.45, 7) is 4.03. The highest BCUT2D eigenvalue weighted by atomic mass is 35.5. The highest BCUT2D eigenvalue weighted by Crippen LogP contribution is 2.40. The minimum Gasteiger partial charge on any atom is -0.450 e. The lowest BCUT2D eigenvalue weighted by molar-refractivity contribution is 0.0714. The first-order valence-corrected chi connectivity index (χ1v) is 10.6. The van der Waals surface area contributed by atoms with Gasteiger partial charge in [-0.05, 0) is 66.4 Å². The van der Waals surface area contributed by atoms with E-state index in [-0.39, 0.29) is 23.3 Å². The van der Waals surface area contributed by atoms with Gasteiger partial charge >= 0.3 is 0 Å². The van der Waals surface area contributed by atoms with Gasteiger partial charge in [-0.15, -0.1) is 0 Å². The molecule has 0 bridgehead atoms. The molecule has 4 aromatic rings. The molecule has 3 aromatic carbocycles. The second kappa shape index (κ2) is 7.61. The van der Waals surface area contributed by atoms with Crippen molar-refractivity contribution in [1.82, 2.24) is 4.90 Å². The molecule has 4 nitrogen and oxygen atoms in total. The summed E-state index contributed by atoms with van der Waals surface area (Å²) in [6, 6.07) is 15.9. The zero-order chi connectivity index (χ0) is 22.6. The third kappa shape index (κ3) is 3.21. The predicted octanol–water partition coefficient (Wildman–Crippen LogP) is 5.95. The van der Waals surface area contributed by atoms with Crippen LogP contribution < -0.4 is 5.43 Å². The number of carbonyl (C=O) groups is 1. The summed E-state index contributed by atoms with van der Waals surface area (Å²) >= 11 is 6.35. The molecule has 0 aliphatic carbocycles. The molecular formula is C26H19ClFNO3. The van der Waals surface area contributed by atoms with Gasteiger partial charge in [0.2, 0.25) is 5.76 Å². The van der Waals surface area contributed by atoms with Crippen molar-refractivity contribution >= 4 is 28.5 Å². The minimum absolute atomic E-state index is 0.0205. The van der Waals surface area contributed by atoms with Crippen molar-refractivity contribution in [2.24, 2.45) is 0 Å². The normalized spacial score (nSPS) is 15.4. The third-order valence-electron chi connectivity index (χ3n) is 6.07. The van der Waals surface area contributed by atoms with Crippen LogP contribution in [-0.4, -0.2) is 10.8 Å². The SMILES string of the molecule is Cc1cc2oc3c(c(=O)c2cc1C)C(c1ccc(F)cc1)N(Cc1ccccc1Cl)C3=O. The van der Waals surface area contributed by atoms with Crippen LogP contribution in [0.15, 0.2) is 69.9 Å². The van der Waals surface area contributed by atoms with E-state index >= 15 is 0 Å². The lowest BCUT2D eigenvalue weighted by Gasteiger charge is -2.25. The van der Waals surface area contributed by atoms with Crippen molar-refractivity contribution in [3.05, 3.63) is 115 Å². The van der Waals surface area contributed by atoms with Crippen molar-refractivity contribution in [3.63, 3.8) is 0 Å². The fourth-order valence-electron chi connectivity index (χ4n) is 4.24. The monoisotopic (exact) mass is 447 g/mol. The summed E-state index contributed by atoms with van der Waals surface area (Å²) in [5.74, 6) is -0.772. The molecule has 1 amide bonds. The Balaban J connectivity index is 1.75. The quantitative estimate of drug-likeness (QED) is 0.390. The van der Waals surface area contributed by atoms with Crippen LogP contribution in [0, 0.1) is 19.7 Å². The Kier molecular flexibility index (Phi) is 4.86. The summed E-state index contributed by atoms with van der Waals surface area (Å²) in [7, 11) is 0. The number of halogens is 2. The Hall–Kier alpha value is -3.44. The molecule has 0 spiro atoms. The van der Waals surface area contributed by atoms with Gasteiger partial charge in [-0.2, -0.15) is 0 Å². The fourth-order valence-corrected chi connectivity index (χ4v) is 4.44. The van der Waals surface area contributed by atoms with Crippen LogP contribution >= 0.6 is 11.6 Å². The fraction of sp³-hybridized carbons (Fsp3) is 0.154. The van der Waals surface area contributed by atoms with Gasteiger partial charge in [0.25, 0.3) is 5.91 Å². The van der Waals surface area contributed by atoms with E-state index in [1.54, 1.807) is 35.2 Å². The molecule has 6 heteroatoms. The molecule has 1 aromatic heterocycles. The Labute approximate surface area is 188 Å². The van der Waals surface area contributed by atoms with E-state index in [9.17, 15) is 14.0 Å². The van der Waals surface area contributed by atoms with Gasteiger partial charge in [0, 0.05) is 11.6 Å². The molecule has 160 valence electrons. The van der Waals surface area contributed by atoms with Crippen molar-refractivity contribution in [1.29, 1.82) is 0 Å². The van der Waals surface area contributed by atoms with Gasteiger partial charge in [0.1, 0.15) is 11.4 Å². The number of aryl methyl sites for hydroxylation is 2. The van der Waals surface area contributed by atoms with Crippen molar-refractivity contribution in [2.45, 2.75) is 26.4 Å². The Morgan fingerprint density at radius 2 is 1.69 bits per heavy atom. The van der Waals surface area contributed by atoms with Crippen LogP contribution in [0.1, 0.15) is 44.4 Å². The molecule has 32 heavy (non-hydrogen) atoms. The van der Waals surface area contributed by atoms with Crippen LogP contribution in [0.3, 0.4) is 0 Å². The molecule has 0 saturated carbocycles. The summed E-state index contributed by atoms with van der Waals surface area (Å²) < 4.78 is 19.6. The molecule has 0 fully saturated rings. The molecule has 1 unspecified atom stereocenters. The van der Waals surface area contributed by atoms with E-state index in [0.717, 1.165) is 16.7 Å². The number of hydrogen-bond donors (Lipinski definition) is 0. The maximum absolute atomic E-state index is 13.6. The maximum Gasteiger partial charge on any atom is 0.291 e. The second-order valence-corrected chi connectivity index (χ2v) is 8.49. The molecule has 1 aliphatic rings. The number of fused-ring (bicyclic) bond motifs is 2. The molecule has 1 atom stereocenters. The molecule has 0 N–H and O–H groups in total. The van der Waals surface area contributed by atoms with E-state index in [1.807, 2.05) is 32.0 Å². The first-order valence-electron chi connectivity index (χ1n) is 10.2. The van der Waals surface area contributed by atoms with Gasteiger partial charge in [-0.3, -0.25) is 9.59 Å². The minimum atomic E-state index is -0.711. The smallest absolute Gasteiger partial charge is 0.291 e. The van der Waals surface area contributed by atoms with Gasteiger partial charge in [-0.1, -0.05) is 41.9 Å². The van der Waals surface area contributed by atoms with Gasteiger partial charge < -0.3 is 9.32 Å². The summed E-state index contributed by atoms with van der Waals surface area (Å²) in [4.78, 5) is 28.7. The summed E-state index contributed by atoms with van der Waals surface area (Å²) in [5, 5.41) is 0.941. The average Bonchev–Trinajstić information content (AvgIpc) is 3.04. The lowest BCUT2D eigenvalue weighted by Crippen LogP contribution is -2.29. The molecule has 0 radical (unpaired) electrons. The van der Waals surface area contributed by atoms with E-state index in [1.165, 1.54) is 12.1 Å². The van der Waals surface area contributed by atoms with E-state index < -0.39 is 17.8 Å². The first-order chi connectivity index (χ1) is 15.3. The standard InChI is InChI=1S/C26H19ClFNO3/c1-14-11-19-21(12-15(14)2)32-25-22(24(19)30)23(16-7-9-18(28)10-8-16)29(26(25)31)13-17-5-3-4-6-20(17)27/h3-12,23H,13H2,1-2H3. The van der Waals surface area contributed by atoms with Crippen molar-refractivity contribution < 1.29 is 13.6 Å². The number of nitrogens with zero attached hydrogens (tertiary/aromatic N) is 1. The molecule has 5 rings (SSSR count). The molecular weight excluding hydrogens is 429 g/mol. The van der Waals surface area contributed by atoms with Gasteiger partial charge in [0.05, 0.1) is 17.0 Å².